The lowest BCUT2D eigenvalue weighted by Crippen LogP contribution is -2.02. The molecule has 0 unspecified atom stereocenters. The van der Waals surface area contributed by atoms with Gasteiger partial charge in [-0.05, 0) is 24.6 Å². The van der Waals surface area contributed by atoms with Gasteiger partial charge in [0.25, 0.3) is 0 Å². The van der Waals surface area contributed by atoms with Gasteiger partial charge in [-0.25, -0.2) is 9.97 Å². The Morgan fingerprint density at radius 1 is 1.30 bits per heavy atom. The number of nitriles is 1. The molecule has 0 bridgehead atoms. The first-order valence-electron chi connectivity index (χ1n) is 6.11. The van der Waals surface area contributed by atoms with Crippen LogP contribution in [0.5, 0.6) is 0 Å². The molecule has 2 aromatic rings. The van der Waals surface area contributed by atoms with Crippen LogP contribution >= 0.6 is 23.2 Å². The van der Waals surface area contributed by atoms with E-state index in [2.05, 4.69) is 21.4 Å². The van der Waals surface area contributed by atoms with Gasteiger partial charge in [0.2, 0.25) is 0 Å². The lowest BCUT2D eigenvalue weighted by atomic mass is 10.1. The van der Waals surface area contributed by atoms with E-state index in [1.54, 1.807) is 18.2 Å². The monoisotopic (exact) mass is 306 g/mol. The predicted octanol–water partition coefficient (Wildman–Crippen LogP) is 4.35. The van der Waals surface area contributed by atoms with Gasteiger partial charge in [0.15, 0.2) is 0 Å². The zero-order valence-electron chi connectivity index (χ0n) is 10.8. The molecule has 0 aliphatic heterocycles. The molecule has 0 amide bonds. The summed E-state index contributed by atoms with van der Waals surface area (Å²) in [4.78, 5) is 8.18. The minimum absolute atomic E-state index is 0.421. The van der Waals surface area contributed by atoms with Crippen molar-refractivity contribution in [3.63, 3.8) is 0 Å². The molecule has 1 aromatic heterocycles. The first-order valence-corrected chi connectivity index (χ1v) is 6.87. The summed E-state index contributed by atoms with van der Waals surface area (Å²) in [5.41, 5.74) is 1.93. The summed E-state index contributed by atoms with van der Waals surface area (Å²) in [6, 6.07) is 7.13. The van der Waals surface area contributed by atoms with E-state index in [9.17, 15) is 0 Å². The second kappa shape index (κ2) is 6.56. The zero-order chi connectivity index (χ0) is 14.5. The molecule has 1 aromatic carbocycles. The third-order valence-corrected chi connectivity index (χ3v) is 3.31. The van der Waals surface area contributed by atoms with E-state index in [1.165, 1.54) is 6.33 Å². The number of hydrogen-bond donors (Lipinski definition) is 1. The summed E-state index contributed by atoms with van der Waals surface area (Å²) < 4.78 is 0. The fourth-order valence-corrected chi connectivity index (χ4v) is 2.21. The highest BCUT2D eigenvalue weighted by atomic mass is 35.5. The van der Waals surface area contributed by atoms with E-state index in [0.29, 0.717) is 27.2 Å². The number of anilines is 2. The highest BCUT2D eigenvalue weighted by molar-refractivity contribution is 6.31. The van der Waals surface area contributed by atoms with Gasteiger partial charge < -0.3 is 5.32 Å². The van der Waals surface area contributed by atoms with Crippen LogP contribution in [-0.4, -0.2) is 9.97 Å². The molecule has 102 valence electrons. The predicted molar refractivity (Wildman–Crippen MR) is 80.5 cm³/mol. The second-order valence-electron chi connectivity index (χ2n) is 4.17. The zero-order valence-corrected chi connectivity index (χ0v) is 12.3. The van der Waals surface area contributed by atoms with Gasteiger partial charge in [0.05, 0.1) is 11.3 Å². The average Bonchev–Trinajstić information content (AvgIpc) is 2.43. The number of aromatic nitrogens is 2. The Labute approximate surface area is 127 Å². The Bertz CT molecular complexity index is 665. The smallest absolute Gasteiger partial charge is 0.138 e. The summed E-state index contributed by atoms with van der Waals surface area (Å²) in [6.45, 7) is 2.05. The molecular weight excluding hydrogens is 295 g/mol. The summed E-state index contributed by atoms with van der Waals surface area (Å²) >= 11 is 12.1. The summed E-state index contributed by atoms with van der Waals surface area (Å²) in [5, 5.41) is 13.2. The first kappa shape index (κ1) is 14.6. The molecule has 0 spiro atoms. The third kappa shape index (κ3) is 3.19. The first-order chi connectivity index (χ1) is 9.65. The minimum atomic E-state index is 0.421. The molecular formula is C14H12Cl2N4. The number of benzene rings is 1. The Hall–Kier alpha value is -1.83. The van der Waals surface area contributed by atoms with Crippen LogP contribution in [-0.2, 0) is 6.42 Å². The van der Waals surface area contributed by atoms with Crippen LogP contribution in [0.15, 0.2) is 24.5 Å². The normalized spacial score (nSPS) is 10.1. The molecule has 0 atom stereocenters. The van der Waals surface area contributed by atoms with Crippen LogP contribution in [0.3, 0.4) is 0 Å². The molecule has 20 heavy (non-hydrogen) atoms. The van der Waals surface area contributed by atoms with E-state index in [4.69, 9.17) is 28.5 Å². The molecule has 0 aliphatic carbocycles. The lowest BCUT2D eigenvalue weighted by molar-refractivity contribution is 0.904. The fourth-order valence-electron chi connectivity index (χ4n) is 1.82. The van der Waals surface area contributed by atoms with E-state index >= 15 is 0 Å². The lowest BCUT2D eigenvalue weighted by Gasteiger charge is -2.12. The van der Waals surface area contributed by atoms with Crippen LogP contribution in [0.25, 0.3) is 0 Å². The van der Waals surface area contributed by atoms with E-state index in [0.717, 1.165) is 18.4 Å². The largest absolute Gasteiger partial charge is 0.339 e. The van der Waals surface area contributed by atoms with E-state index in [1.807, 2.05) is 6.92 Å². The van der Waals surface area contributed by atoms with Crippen molar-refractivity contribution in [3.05, 3.63) is 45.8 Å². The van der Waals surface area contributed by atoms with E-state index in [-0.39, 0.29) is 0 Å². The fraction of sp³-hybridized carbons (Fsp3) is 0.214. The number of hydrogen-bond acceptors (Lipinski definition) is 4. The van der Waals surface area contributed by atoms with Gasteiger partial charge in [-0.2, -0.15) is 5.26 Å². The second-order valence-corrected chi connectivity index (χ2v) is 4.96. The SMILES string of the molecule is CCCc1c(Cl)ncnc1Nc1cc(Cl)ccc1C#N. The molecule has 1 N–H and O–H groups in total. The quantitative estimate of drug-likeness (QED) is 0.853. The number of rotatable bonds is 4. The maximum Gasteiger partial charge on any atom is 0.138 e. The van der Waals surface area contributed by atoms with Crippen molar-refractivity contribution >= 4 is 34.7 Å². The van der Waals surface area contributed by atoms with Crippen LogP contribution in [0, 0.1) is 11.3 Å². The molecule has 4 nitrogen and oxygen atoms in total. The van der Waals surface area contributed by atoms with Crippen LogP contribution < -0.4 is 5.32 Å². The van der Waals surface area contributed by atoms with E-state index < -0.39 is 0 Å². The maximum absolute atomic E-state index is 9.12. The molecule has 0 saturated carbocycles. The highest BCUT2D eigenvalue weighted by Crippen LogP contribution is 2.28. The van der Waals surface area contributed by atoms with Crippen molar-refractivity contribution < 1.29 is 0 Å². The Morgan fingerprint density at radius 2 is 2.10 bits per heavy atom. The standard InChI is InChI=1S/C14H12Cl2N4/c1-2-3-11-13(16)18-8-19-14(11)20-12-6-10(15)5-4-9(12)7-17/h4-6,8H,2-3H2,1H3,(H,18,19,20). The highest BCUT2D eigenvalue weighted by Gasteiger charge is 2.11. The summed E-state index contributed by atoms with van der Waals surface area (Å²) in [5.74, 6) is 0.602. The Morgan fingerprint density at radius 3 is 2.80 bits per heavy atom. The van der Waals surface area contributed by atoms with Gasteiger partial charge in [-0.3, -0.25) is 0 Å². The Balaban J connectivity index is 2.43. The molecule has 1 heterocycles. The Kier molecular flexibility index (Phi) is 4.78. The summed E-state index contributed by atoms with van der Waals surface area (Å²) in [6.07, 6.45) is 3.06. The molecule has 0 fully saturated rings. The molecule has 6 heteroatoms. The molecule has 0 radical (unpaired) electrons. The van der Waals surface area contributed by atoms with Crippen molar-refractivity contribution in [2.75, 3.05) is 5.32 Å². The third-order valence-electron chi connectivity index (χ3n) is 2.75. The van der Waals surface area contributed by atoms with Gasteiger partial charge in [0, 0.05) is 10.6 Å². The molecule has 0 saturated heterocycles. The van der Waals surface area contributed by atoms with Gasteiger partial charge in [-0.1, -0.05) is 36.5 Å². The average molecular weight is 307 g/mol. The number of nitrogens with one attached hydrogen (secondary N) is 1. The van der Waals surface area contributed by atoms with Crippen molar-refractivity contribution in [3.8, 4) is 6.07 Å². The van der Waals surface area contributed by atoms with Crippen LogP contribution in [0.2, 0.25) is 10.2 Å². The van der Waals surface area contributed by atoms with Crippen molar-refractivity contribution in [2.24, 2.45) is 0 Å². The minimum Gasteiger partial charge on any atom is -0.339 e. The van der Waals surface area contributed by atoms with Crippen molar-refractivity contribution in [1.29, 1.82) is 5.26 Å². The summed E-state index contributed by atoms with van der Waals surface area (Å²) in [7, 11) is 0. The number of halogens is 2. The number of nitrogens with zero attached hydrogens (tertiary/aromatic N) is 3. The van der Waals surface area contributed by atoms with Gasteiger partial charge in [0.1, 0.15) is 23.4 Å². The molecule has 0 aliphatic rings. The van der Waals surface area contributed by atoms with Crippen LogP contribution in [0.1, 0.15) is 24.5 Å². The van der Waals surface area contributed by atoms with Crippen molar-refractivity contribution in [1.82, 2.24) is 9.97 Å². The van der Waals surface area contributed by atoms with Gasteiger partial charge in [-0.15, -0.1) is 0 Å². The van der Waals surface area contributed by atoms with Gasteiger partial charge >= 0.3 is 0 Å². The maximum atomic E-state index is 9.12. The molecule has 2 rings (SSSR count). The van der Waals surface area contributed by atoms with Crippen molar-refractivity contribution in [2.45, 2.75) is 19.8 Å². The topological polar surface area (TPSA) is 61.6 Å². The van der Waals surface area contributed by atoms with Crippen LogP contribution in [0.4, 0.5) is 11.5 Å².